The molecule has 110 valence electrons. The number of morpholine rings is 1. The minimum Gasteiger partial charge on any atom is -0.494 e. The van der Waals surface area contributed by atoms with Crippen molar-refractivity contribution in [1.29, 1.82) is 0 Å². The Morgan fingerprint density at radius 1 is 1.25 bits per heavy atom. The van der Waals surface area contributed by atoms with Crippen molar-refractivity contribution in [1.82, 2.24) is 4.90 Å². The van der Waals surface area contributed by atoms with E-state index in [1.807, 2.05) is 43.0 Å². The van der Waals surface area contributed by atoms with E-state index in [1.165, 1.54) is 0 Å². The van der Waals surface area contributed by atoms with E-state index in [2.05, 4.69) is 6.92 Å². The monoisotopic (exact) mass is 277 g/mol. The Hall–Kier alpha value is -1.55. The van der Waals surface area contributed by atoms with Gasteiger partial charge in [0.25, 0.3) is 5.91 Å². The first kappa shape index (κ1) is 14.9. The Morgan fingerprint density at radius 3 is 2.40 bits per heavy atom. The summed E-state index contributed by atoms with van der Waals surface area (Å²) in [6, 6.07) is 7.38. The molecule has 1 heterocycles. The van der Waals surface area contributed by atoms with E-state index in [-0.39, 0.29) is 18.1 Å². The summed E-state index contributed by atoms with van der Waals surface area (Å²) in [5.41, 5.74) is 0.704. The average molecular weight is 277 g/mol. The lowest BCUT2D eigenvalue weighted by Gasteiger charge is -2.35. The number of rotatable bonds is 4. The summed E-state index contributed by atoms with van der Waals surface area (Å²) in [6.45, 7) is 8.06. The fourth-order valence-corrected chi connectivity index (χ4v) is 2.44. The number of hydrogen-bond donors (Lipinski definition) is 0. The summed E-state index contributed by atoms with van der Waals surface area (Å²) >= 11 is 0. The van der Waals surface area contributed by atoms with E-state index in [9.17, 15) is 4.79 Å². The lowest BCUT2D eigenvalue weighted by Crippen LogP contribution is -2.48. The molecule has 0 radical (unpaired) electrons. The molecule has 1 aromatic rings. The highest BCUT2D eigenvalue weighted by Crippen LogP contribution is 2.17. The van der Waals surface area contributed by atoms with E-state index >= 15 is 0 Å². The predicted octanol–water partition coefficient (Wildman–Crippen LogP) is 2.72. The number of amides is 1. The molecule has 0 N–H and O–H groups in total. The van der Waals surface area contributed by atoms with Crippen LogP contribution in [0.2, 0.25) is 0 Å². The Bertz CT molecular complexity index is 434. The maximum Gasteiger partial charge on any atom is 0.254 e. The number of hydrogen-bond acceptors (Lipinski definition) is 3. The second-order valence-electron chi connectivity index (χ2n) is 5.34. The molecular formula is C16H23NO3. The number of nitrogens with zero attached hydrogens (tertiary/aromatic N) is 1. The summed E-state index contributed by atoms with van der Waals surface area (Å²) < 4.78 is 11.2. The second-order valence-corrected chi connectivity index (χ2v) is 5.34. The van der Waals surface area contributed by atoms with Crippen molar-refractivity contribution >= 4 is 5.91 Å². The fraction of sp³-hybridized carbons (Fsp3) is 0.562. The van der Waals surface area contributed by atoms with Crippen molar-refractivity contribution in [3.05, 3.63) is 29.8 Å². The van der Waals surface area contributed by atoms with Crippen LogP contribution in [0.25, 0.3) is 0 Å². The Labute approximate surface area is 120 Å². The van der Waals surface area contributed by atoms with E-state index in [1.54, 1.807) is 0 Å². The summed E-state index contributed by atoms with van der Waals surface area (Å²) in [6.07, 6.45) is 1.16. The first-order valence-corrected chi connectivity index (χ1v) is 7.27. The van der Waals surface area contributed by atoms with Gasteiger partial charge >= 0.3 is 0 Å². The van der Waals surface area contributed by atoms with Crippen molar-refractivity contribution in [2.75, 3.05) is 19.7 Å². The Balaban J connectivity index is 2.01. The molecule has 2 rings (SSSR count). The molecule has 0 unspecified atom stereocenters. The zero-order chi connectivity index (χ0) is 14.5. The minimum absolute atomic E-state index is 0.0639. The first-order valence-electron chi connectivity index (χ1n) is 7.27. The zero-order valence-electron chi connectivity index (χ0n) is 12.5. The lowest BCUT2D eigenvalue weighted by molar-refractivity contribution is -0.0586. The predicted molar refractivity (Wildman–Crippen MR) is 78.1 cm³/mol. The maximum absolute atomic E-state index is 12.4. The highest BCUT2D eigenvalue weighted by Gasteiger charge is 2.26. The van der Waals surface area contributed by atoms with Crippen LogP contribution in [0.1, 0.15) is 37.6 Å². The fourth-order valence-electron chi connectivity index (χ4n) is 2.44. The smallest absolute Gasteiger partial charge is 0.254 e. The van der Waals surface area contributed by atoms with E-state index in [4.69, 9.17) is 9.47 Å². The molecular weight excluding hydrogens is 254 g/mol. The highest BCUT2D eigenvalue weighted by molar-refractivity contribution is 5.94. The Kier molecular flexibility index (Phi) is 5.01. The van der Waals surface area contributed by atoms with Gasteiger partial charge in [0.05, 0.1) is 18.8 Å². The van der Waals surface area contributed by atoms with Crippen LogP contribution in [0, 0.1) is 0 Å². The molecule has 0 saturated carbocycles. The first-order chi connectivity index (χ1) is 9.60. The van der Waals surface area contributed by atoms with E-state index in [0.717, 1.165) is 12.2 Å². The third-order valence-electron chi connectivity index (χ3n) is 3.28. The zero-order valence-corrected chi connectivity index (χ0v) is 12.5. The molecule has 1 amide bonds. The largest absolute Gasteiger partial charge is 0.494 e. The van der Waals surface area contributed by atoms with Crippen LogP contribution in [-0.2, 0) is 4.74 Å². The van der Waals surface area contributed by atoms with Crippen LogP contribution in [0.3, 0.4) is 0 Å². The van der Waals surface area contributed by atoms with Gasteiger partial charge in [-0.25, -0.2) is 0 Å². The molecule has 0 bridgehead atoms. The van der Waals surface area contributed by atoms with E-state index < -0.39 is 0 Å². The van der Waals surface area contributed by atoms with Gasteiger partial charge in [-0.15, -0.1) is 0 Å². The van der Waals surface area contributed by atoms with Crippen LogP contribution in [0.4, 0.5) is 0 Å². The third kappa shape index (κ3) is 3.73. The quantitative estimate of drug-likeness (QED) is 0.849. The van der Waals surface area contributed by atoms with E-state index in [0.29, 0.717) is 25.3 Å². The summed E-state index contributed by atoms with van der Waals surface area (Å²) in [7, 11) is 0. The van der Waals surface area contributed by atoms with Gasteiger partial charge in [0, 0.05) is 18.7 Å². The van der Waals surface area contributed by atoms with Crippen molar-refractivity contribution in [2.45, 2.75) is 39.4 Å². The van der Waals surface area contributed by atoms with Crippen LogP contribution >= 0.6 is 0 Å². The molecule has 0 aromatic heterocycles. The SMILES string of the molecule is CCCOc1ccc(C(=O)N2C[C@H](C)O[C@@H](C)C2)cc1. The minimum atomic E-state index is 0.0639. The van der Waals surface area contributed by atoms with Crippen LogP contribution < -0.4 is 4.74 Å². The molecule has 2 atom stereocenters. The lowest BCUT2D eigenvalue weighted by atomic mass is 10.1. The molecule has 20 heavy (non-hydrogen) atoms. The third-order valence-corrected chi connectivity index (χ3v) is 3.28. The summed E-state index contributed by atoms with van der Waals surface area (Å²) in [5.74, 6) is 0.876. The van der Waals surface area contributed by atoms with Gasteiger partial charge in [0.2, 0.25) is 0 Å². The van der Waals surface area contributed by atoms with Gasteiger partial charge < -0.3 is 14.4 Å². The normalized spacial score (nSPS) is 22.6. The number of carbonyl (C=O) groups excluding carboxylic acids is 1. The topological polar surface area (TPSA) is 38.8 Å². The average Bonchev–Trinajstić information content (AvgIpc) is 2.44. The van der Waals surface area contributed by atoms with Gasteiger partial charge in [-0.3, -0.25) is 4.79 Å². The van der Waals surface area contributed by atoms with Gasteiger partial charge in [-0.2, -0.15) is 0 Å². The molecule has 1 aliphatic rings. The van der Waals surface area contributed by atoms with Gasteiger partial charge in [-0.05, 0) is 44.5 Å². The highest BCUT2D eigenvalue weighted by atomic mass is 16.5. The van der Waals surface area contributed by atoms with Crippen molar-refractivity contribution in [2.24, 2.45) is 0 Å². The van der Waals surface area contributed by atoms with Crippen molar-refractivity contribution in [3.63, 3.8) is 0 Å². The van der Waals surface area contributed by atoms with Crippen LogP contribution in [-0.4, -0.2) is 42.7 Å². The molecule has 1 saturated heterocycles. The molecule has 1 aliphatic heterocycles. The van der Waals surface area contributed by atoms with Crippen molar-refractivity contribution < 1.29 is 14.3 Å². The Morgan fingerprint density at radius 2 is 1.85 bits per heavy atom. The molecule has 1 aromatic carbocycles. The standard InChI is InChI=1S/C16H23NO3/c1-4-9-19-15-7-5-14(6-8-15)16(18)17-10-12(2)20-13(3)11-17/h5-8,12-13H,4,9-11H2,1-3H3/t12-,13-/m0/s1. The summed E-state index contributed by atoms with van der Waals surface area (Å²) in [5, 5.41) is 0. The number of benzene rings is 1. The van der Waals surface area contributed by atoms with Crippen LogP contribution in [0.15, 0.2) is 24.3 Å². The number of carbonyl (C=O) groups is 1. The number of ether oxygens (including phenoxy) is 2. The van der Waals surface area contributed by atoms with Gasteiger partial charge in [0.15, 0.2) is 0 Å². The summed E-state index contributed by atoms with van der Waals surface area (Å²) in [4.78, 5) is 14.3. The molecule has 1 fully saturated rings. The molecule has 4 heteroatoms. The van der Waals surface area contributed by atoms with Crippen LogP contribution in [0.5, 0.6) is 5.75 Å². The maximum atomic E-state index is 12.4. The second kappa shape index (κ2) is 6.75. The molecule has 0 spiro atoms. The van der Waals surface area contributed by atoms with Gasteiger partial charge in [-0.1, -0.05) is 6.92 Å². The van der Waals surface area contributed by atoms with Gasteiger partial charge in [0.1, 0.15) is 5.75 Å². The molecule has 0 aliphatic carbocycles. The van der Waals surface area contributed by atoms with Crippen molar-refractivity contribution in [3.8, 4) is 5.75 Å². The molecule has 4 nitrogen and oxygen atoms in total.